The Kier molecular flexibility index (Phi) is 4.25. The molecule has 0 saturated carbocycles. The maximum absolute atomic E-state index is 5.13. The van der Waals surface area contributed by atoms with Crippen molar-refractivity contribution >= 4 is 11.3 Å². The molecule has 0 aliphatic heterocycles. The van der Waals surface area contributed by atoms with E-state index in [0.717, 1.165) is 12.3 Å². The molecule has 1 aromatic heterocycles. The molecule has 0 bridgehead atoms. The molecule has 0 radical (unpaired) electrons. The predicted molar refractivity (Wildman–Crippen MR) is 57.6 cm³/mol. The van der Waals surface area contributed by atoms with Gasteiger partial charge in [0.1, 0.15) is 5.75 Å². The van der Waals surface area contributed by atoms with Gasteiger partial charge in [0.05, 0.1) is 7.11 Å². The van der Waals surface area contributed by atoms with Gasteiger partial charge in [0.2, 0.25) is 0 Å². The summed E-state index contributed by atoms with van der Waals surface area (Å²) in [6.07, 6.45) is 1.17. The first kappa shape index (κ1) is 10.5. The summed E-state index contributed by atoms with van der Waals surface area (Å²) in [5.74, 6) is 0.963. The average Bonchev–Trinajstić information content (AvgIpc) is 2.62. The van der Waals surface area contributed by atoms with Crippen molar-refractivity contribution in [2.24, 2.45) is 0 Å². The van der Waals surface area contributed by atoms with Crippen LogP contribution in [0.1, 0.15) is 31.2 Å². The van der Waals surface area contributed by atoms with Gasteiger partial charge in [0, 0.05) is 16.3 Å². The molecule has 0 aliphatic carbocycles. The Morgan fingerprint density at radius 2 is 2.38 bits per heavy atom. The largest absolute Gasteiger partial charge is 0.496 e. The number of hydrogen-bond acceptors (Lipinski definition) is 3. The molecular formula is C10H17NOS. The zero-order chi connectivity index (χ0) is 9.68. The number of hydrogen-bond donors (Lipinski definition) is 1. The summed E-state index contributed by atoms with van der Waals surface area (Å²) in [6.45, 7) is 5.43. The van der Waals surface area contributed by atoms with Crippen LogP contribution in [-0.2, 0) is 0 Å². The topological polar surface area (TPSA) is 21.3 Å². The van der Waals surface area contributed by atoms with Crippen LogP contribution in [0.15, 0.2) is 11.4 Å². The van der Waals surface area contributed by atoms with Gasteiger partial charge >= 0.3 is 0 Å². The number of ether oxygens (including phenoxy) is 1. The minimum Gasteiger partial charge on any atom is -0.496 e. The van der Waals surface area contributed by atoms with E-state index in [0.29, 0.717) is 6.04 Å². The first-order valence-electron chi connectivity index (χ1n) is 4.63. The maximum atomic E-state index is 5.13. The second-order valence-corrected chi connectivity index (χ2v) is 4.01. The Labute approximate surface area is 83.9 Å². The minimum absolute atomic E-state index is 0.439. The van der Waals surface area contributed by atoms with Gasteiger partial charge in [0.15, 0.2) is 0 Å². The zero-order valence-corrected chi connectivity index (χ0v) is 9.28. The summed E-state index contributed by atoms with van der Waals surface area (Å²) in [5.41, 5.74) is 0. The van der Waals surface area contributed by atoms with Crippen LogP contribution in [0.2, 0.25) is 0 Å². The van der Waals surface area contributed by atoms with Gasteiger partial charge in [0.25, 0.3) is 0 Å². The van der Waals surface area contributed by atoms with Crippen LogP contribution in [0.4, 0.5) is 0 Å². The van der Waals surface area contributed by atoms with Crippen LogP contribution in [0.25, 0.3) is 0 Å². The fourth-order valence-corrected chi connectivity index (χ4v) is 2.02. The highest BCUT2D eigenvalue weighted by Gasteiger charge is 2.07. The lowest BCUT2D eigenvalue weighted by Gasteiger charge is -2.10. The third-order valence-corrected chi connectivity index (χ3v) is 3.05. The first-order valence-corrected chi connectivity index (χ1v) is 5.51. The highest BCUT2D eigenvalue weighted by Crippen LogP contribution is 2.26. The molecule has 1 atom stereocenters. The summed E-state index contributed by atoms with van der Waals surface area (Å²) in [7, 11) is 1.70. The zero-order valence-electron chi connectivity index (χ0n) is 8.46. The van der Waals surface area contributed by atoms with Crippen LogP contribution < -0.4 is 10.1 Å². The van der Waals surface area contributed by atoms with Crippen molar-refractivity contribution in [1.82, 2.24) is 5.32 Å². The Balaban J connectivity index is 2.50. The third kappa shape index (κ3) is 3.01. The van der Waals surface area contributed by atoms with Crippen molar-refractivity contribution in [3.63, 3.8) is 0 Å². The van der Waals surface area contributed by atoms with E-state index in [1.165, 1.54) is 11.3 Å². The van der Waals surface area contributed by atoms with Gasteiger partial charge in [-0.25, -0.2) is 0 Å². The number of rotatable bonds is 5. The number of nitrogens with one attached hydrogen (secondary N) is 1. The van der Waals surface area contributed by atoms with Crippen LogP contribution >= 0.6 is 11.3 Å². The molecule has 0 aromatic carbocycles. The van der Waals surface area contributed by atoms with E-state index in [4.69, 9.17) is 4.74 Å². The summed E-state index contributed by atoms with van der Waals surface area (Å²) >= 11 is 1.75. The minimum atomic E-state index is 0.439. The van der Waals surface area contributed by atoms with Gasteiger partial charge in [-0.3, -0.25) is 0 Å². The standard InChI is InChI=1S/C10H17NOS/c1-4-5-11-8(2)10-6-9(12-3)7-13-10/h6-8,11H,4-5H2,1-3H3. The van der Waals surface area contributed by atoms with Crippen molar-refractivity contribution in [1.29, 1.82) is 0 Å². The van der Waals surface area contributed by atoms with Gasteiger partial charge in [-0.1, -0.05) is 6.92 Å². The molecule has 1 aromatic rings. The Morgan fingerprint density at radius 1 is 1.62 bits per heavy atom. The van der Waals surface area contributed by atoms with Gasteiger partial charge in [-0.2, -0.15) is 0 Å². The van der Waals surface area contributed by atoms with Gasteiger partial charge < -0.3 is 10.1 Å². The second-order valence-electron chi connectivity index (χ2n) is 3.06. The molecule has 13 heavy (non-hydrogen) atoms. The average molecular weight is 199 g/mol. The Morgan fingerprint density at radius 3 is 2.92 bits per heavy atom. The van der Waals surface area contributed by atoms with E-state index < -0.39 is 0 Å². The number of thiophene rings is 1. The van der Waals surface area contributed by atoms with Crippen molar-refractivity contribution in [3.8, 4) is 5.75 Å². The van der Waals surface area contributed by atoms with Crippen molar-refractivity contribution in [2.45, 2.75) is 26.3 Å². The molecule has 2 nitrogen and oxygen atoms in total. The van der Waals surface area contributed by atoms with Crippen LogP contribution in [0, 0.1) is 0 Å². The number of methoxy groups -OCH3 is 1. The Hall–Kier alpha value is -0.540. The highest BCUT2D eigenvalue weighted by atomic mass is 32.1. The van der Waals surface area contributed by atoms with Gasteiger partial charge in [-0.05, 0) is 26.0 Å². The third-order valence-electron chi connectivity index (χ3n) is 1.96. The van der Waals surface area contributed by atoms with Crippen LogP contribution in [0.3, 0.4) is 0 Å². The van der Waals surface area contributed by atoms with Crippen molar-refractivity contribution in [2.75, 3.05) is 13.7 Å². The fraction of sp³-hybridized carbons (Fsp3) is 0.600. The van der Waals surface area contributed by atoms with E-state index in [2.05, 4.69) is 25.2 Å². The molecule has 1 N–H and O–H groups in total. The summed E-state index contributed by atoms with van der Waals surface area (Å²) in [4.78, 5) is 1.34. The molecule has 0 fully saturated rings. The molecule has 74 valence electrons. The molecule has 0 amide bonds. The lowest BCUT2D eigenvalue weighted by Crippen LogP contribution is -2.18. The van der Waals surface area contributed by atoms with Crippen LogP contribution in [-0.4, -0.2) is 13.7 Å². The highest BCUT2D eigenvalue weighted by molar-refractivity contribution is 7.10. The van der Waals surface area contributed by atoms with Crippen molar-refractivity contribution in [3.05, 3.63) is 16.3 Å². The molecule has 1 unspecified atom stereocenters. The van der Waals surface area contributed by atoms with Crippen LogP contribution in [0.5, 0.6) is 5.75 Å². The van der Waals surface area contributed by atoms with E-state index in [-0.39, 0.29) is 0 Å². The lowest BCUT2D eigenvalue weighted by molar-refractivity contribution is 0.416. The second kappa shape index (κ2) is 5.25. The van der Waals surface area contributed by atoms with E-state index in [1.807, 2.05) is 5.38 Å². The Bertz CT molecular complexity index is 247. The summed E-state index contributed by atoms with van der Waals surface area (Å²) < 4.78 is 5.13. The quantitative estimate of drug-likeness (QED) is 0.787. The van der Waals surface area contributed by atoms with Crippen molar-refractivity contribution < 1.29 is 4.74 Å². The molecule has 0 aliphatic rings. The lowest BCUT2D eigenvalue weighted by atomic mass is 10.2. The smallest absolute Gasteiger partial charge is 0.129 e. The first-order chi connectivity index (χ1) is 6.27. The summed E-state index contributed by atoms with van der Waals surface area (Å²) in [5, 5.41) is 5.48. The fourth-order valence-electron chi connectivity index (χ4n) is 1.13. The SMILES string of the molecule is CCCNC(C)c1cc(OC)cs1. The monoisotopic (exact) mass is 199 g/mol. The molecule has 0 spiro atoms. The molecule has 0 saturated heterocycles. The molecule has 3 heteroatoms. The summed E-state index contributed by atoms with van der Waals surface area (Å²) in [6, 6.07) is 2.53. The molecular weight excluding hydrogens is 182 g/mol. The molecule has 1 rings (SSSR count). The maximum Gasteiger partial charge on any atom is 0.129 e. The van der Waals surface area contributed by atoms with Gasteiger partial charge in [-0.15, -0.1) is 11.3 Å². The predicted octanol–water partition coefficient (Wildman–Crippen LogP) is 2.82. The van der Waals surface area contributed by atoms with E-state index >= 15 is 0 Å². The normalized spacial score (nSPS) is 12.8. The van der Waals surface area contributed by atoms with E-state index in [9.17, 15) is 0 Å². The van der Waals surface area contributed by atoms with E-state index in [1.54, 1.807) is 18.4 Å². The molecule has 1 heterocycles.